The van der Waals surface area contributed by atoms with Gasteiger partial charge < -0.3 is 4.74 Å². The monoisotopic (exact) mass is 510 g/mol. The van der Waals surface area contributed by atoms with Gasteiger partial charge in [-0.1, -0.05) is 0 Å². The highest BCUT2D eigenvalue weighted by molar-refractivity contribution is 5.93. The number of ether oxygens (including phenoxy) is 1. The highest BCUT2D eigenvalue weighted by Gasteiger charge is 2.86. The number of rotatable bonds is 6. The van der Waals surface area contributed by atoms with Crippen molar-refractivity contribution in [2.45, 2.75) is 47.9 Å². The molecule has 3 nitrogen and oxygen atoms in total. The van der Waals surface area contributed by atoms with Crippen LogP contribution in [0.3, 0.4) is 0 Å². The van der Waals surface area contributed by atoms with E-state index >= 15 is 0 Å². The summed E-state index contributed by atoms with van der Waals surface area (Å²) in [5.41, 5.74) is 0. The maximum absolute atomic E-state index is 13.0. The molecule has 0 radical (unpaired) electrons. The zero-order valence-electron chi connectivity index (χ0n) is 13.0. The summed E-state index contributed by atoms with van der Waals surface area (Å²) in [6.45, 7) is 0. The highest BCUT2D eigenvalue weighted by Crippen LogP contribution is 2.55. The molecule has 0 fully saturated rings. The van der Waals surface area contributed by atoms with Crippen LogP contribution in [0.5, 0.6) is 0 Å². The molecule has 0 aromatic rings. The molecule has 0 unspecified atom stereocenters. The first-order chi connectivity index (χ1) is 13.0. The molecule has 0 saturated heterocycles. The van der Waals surface area contributed by atoms with Crippen molar-refractivity contribution in [3.63, 3.8) is 0 Å². The smallest absolute Gasteiger partial charge is 0.384 e. The van der Waals surface area contributed by atoms with Crippen LogP contribution in [0, 0.1) is 0 Å². The van der Waals surface area contributed by atoms with Crippen molar-refractivity contribution in [3.05, 3.63) is 0 Å². The van der Waals surface area contributed by atoms with Crippen molar-refractivity contribution in [2.75, 3.05) is 0 Å². The lowest BCUT2D eigenvalue weighted by Crippen LogP contribution is -2.66. The van der Waals surface area contributed by atoms with Gasteiger partial charge in [-0.15, -0.1) is 0 Å². The SMILES string of the molecule is O=C(OC(=O)C(F)(F)C(F)(F)C(F)(F)C(F)(F)F)C(F)(F)C(F)(F)C(F)(F)C(F)(F)F. The number of halogens is 18. The van der Waals surface area contributed by atoms with Crippen LogP contribution < -0.4 is 0 Å². The van der Waals surface area contributed by atoms with Crippen LogP contribution in [0.1, 0.15) is 0 Å². The Kier molecular flexibility index (Phi) is 6.71. The van der Waals surface area contributed by atoms with Gasteiger partial charge in [0.05, 0.1) is 0 Å². The molecule has 0 aliphatic heterocycles. The fourth-order valence-corrected chi connectivity index (χ4v) is 1.22. The number of carbonyl (C=O) groups is 2. The van der Waals surface area contributed by atoms with Gasteiger partial charge in [-0.3, -0.25) is 0 Å². The Labute approximate surface area is 154 Å². The van der Waals surface area contributed by atoms with Gasteiger partial charge in [-0.25, -0.2) is 9.59 Å². The predicted molar refractivity (Wildman–Crippen MR) is 52.9 cm³/mol. The van der Waals surface area contributed by atoms with Crippen LogP contribution in [0.25, 0.3) is 0 Å². The van der Waals surface area contributed by atoms with Gasteiger partial charge in [0.1, 0.15) is 0 Å². The molecule has 0 amide bonds. The number of carbonyl (C=O) groups excluding carboxylic acids is 2. The normalized spacial score (nSPS) is 15.7. The molecule has 0 spiro atoms. The molecule has 0 rings (SSSR count). The van der Waals surface area contributed by atoms with Gasteiger partial charge in [-0.05, 0) is 0 Å². The van der Waals surface area contributed by atoms with Crippen molar-refractivity contribution >= 4 is 11.9 Å². The summed E-state index contributed by atoms with van der Waals surface area (Å²) >= 11 is 0. The third kappa shape index (κ3) is 4.05. The van der Waals surface area contributed by atoms with Crippen LogP contribution >= 0.6 is 0 Å². The third-order valence-corrected chi connectivity index (χ3v) is 2.99. The second kappa shape index (κ2) is 7.20. The summed E-state index contributed by atoms with van der Waals surface area (Å²) in [6, 6.07) is 0. The average molecular weight is 510 g/mol. The van der Waals surface area contributed by atoms with Crippen LogP contribution in [0.15, 0.2) is 0 Å². The summed E-state index contributed by atoms with van der Waals surface area (Å²) in [6.07, 6.45) is -15.2. The van der Waals surface area contributed by atoms with E-state index in [2.05, 4.69) is 0 Å². The lowest BCUT2D eigenvalue weighted by Gasteiger charge is -2.33. The molecule has 21 heteroatoms. The molecular weight excluding hydrogens is 510 g/mol. The molecule has 0 atom stereocenters. The van der Waals surface area contributed by atoms with E-state index in [1.165, 1.54) is 0 Å². The fraction of sp³-hybridized carbons (Fsp3) is 0.800. The molecule has 0 aromatic heterocycles. The quantitative estimate of drug-likeness (QED) is 0.288. The Bertz CT molecular complexity index is 653. The Balaban J connectivity index is 6.12. The van der Waals surface area contributed by atoms with E-state index in [0.29, 0.717) is 0 Å². The largest absolute Gasteiger partial charge is 0.460 e. The van der Waals surface area contributed by atoms with E-state index in [-0.39, 0.29) is 0 Å². The maximum atomic E-state index is 13.0. The molecule has 184 valence electrons. The summed E-state index contributed by atoms with van der Waals surface area (Å²) in [7, 11) is 0. The lowest BCUT2D eigenvalue weighted by molar-refractivity contribution is -0.393. The number of hydrogen-bond donors (Lipinski definition) is 0. The van der Waals surface area contributed by atoms with Crippen molar-refractivity contribution in [2.24, 2.45) is 0 Å². The summed E-state index contributed by atoms with van der Waals surface area (Å²) in [5, 5.41) is 0. The van der Waals surface area contributed by atoms with Gasteiger partial charge in [0.25, 0.3) is 0 Å². The van der Waals surface area contributed by atoms with Crippen LogP contribution in [0.4, 0.5) is 79.0 Å². The van der Waals surface area contributed by atoms with E-state index in [1.54, 1.807) is 0 Å². The van der Waals surface area contributed by atoms with Crippen molar-refractivity contribution < 1.29 is 93.4 Å². The first-order valence-corrected chi connectivity index (χ1v) is 6.22. The second-order valence-electron chi connectivity index (χ2n) is 5.12. The molecule has 0 aliphatic rings. The lowest BCUT2D eigenvalue weighted by atomic mass is 10.0. The highest BCUT2D eigenvalue weighted by atomic mass is 19.4. The minimum absolute atomic E-state index is 1.83. The first-order valence-electron chi connectivity index (χ1n) is 6.22. The first kappa shape index (κ1) is 28.9. The molecule has 31 heavy (non-hydrogen) atoms. The Morgan fingerprint density at radius 2 is 0.581 bits per heavy atom. The molecular formula is C10F18O3. The summed E-state index contributed by atoms with van der Waals surface area (Å²) in [4.78, 5) is 21.1. The Hall–Kier alpha value is -2.12. The minimum atomic E-state index is -7.97. The van der Waals surface area contributed by atoms with Crippen molar-refractivity contribution in [3.8, 4) is 0 Å². The van der Waals surface area contributed by atoms with E-state index in [4.69, 9.17) is 0 Å². The fourth-order valence-electron chi connectivity index (χ4n) is 1.22. The van der Waals surface area contributed by atoms with Crippen LogP contribution in [-0.2, 0) is 14.3 Å². The van der Waals surface area contributed by atoms with Gasteiger partial charge in [-0.2, -0.15) is 79.0 Å². The summed E-state index contributed by atoms with van der Waals surface area (Å²) in [5.74, 6) is -56.7. The van der Waals surface area contributed by atoms with Crippen LogP contribution in [0.2, 0.25) is 0 Å². The maximum Gasteiger partial charge on any atom is 0.460 e. The Morgan fingerprint density at radius 1 is 0.387 bits per heavy atom. The van der Waals surface area contributed by atoms with Gasteiger partial charge >= 0.3 is 59.8 Å². The zero-order chi connectivity index (χ0) is 25.9. The minimum Gasteiger partial charge on any atom is -0.384 e. The molecule has 0 heterocycles. The molecule has 0 aliphatic carbocycles. The topological polar surface area (TPSA) is 43.4 Å². The number of alkyl halides is 18. The molecule has 0 bridgehead atoms. The average Bonchev–Trinajstić information content (AvgIpc) is 2.51. The van der Waals surface area contributed by atoms with E-state index in [1.807, 2.05) is 4.74 Å². The van der Waals surface area contributed by atoms with E-state index in [0.717, 1.165) is 0 Å². The van der Waals surface area contributed by atoms with Crippen molar-refractivity contribution in [1.29, 1.82) is 0 Å². The third-order valence-electron chi connectivity index (χ3n) is 2.99. The van der Waals surface area contributed by atoms with Crippen molar-refractivity contribution in [1.82, 2.24) is 0 Å². The van der Waals surface area contributed by atoms with E-state index in [9.17, 15) is 88.6 Å². The standard InChI is InChI=1S/C10F18O3/c11-3(12,5(15,16)7(19,20)9(23,24)25)1(29)31-2(30)4(13,14)6(17,18)8(21,22)10(26,27)28. The van der Waals surface area contributed by atoms with Gasteiger partial charge in [0.15, 0.2) is 0 Å². The summed E-state index contributed by atoms with van der Waals surface area (Å²) < 4.78 is 226. The molecule has 0 aromatic carbocycles. The zero-order valence-corrected chi connectivity index (χ0v) is 13.0. The Morgan fingerprint density at radius 3 is 0.742 bits per heavy atom. The number of hydrogen-bond acceptors (Lipinski definition) is 3. The molecule has 0 saturated carbocycles. The second-order valence-corrected chi connectivity index (χ2v) is 5.12. The van der Waals surface area contributed by atoms with Gasteiger partial charge in [0, 0.05) is 0 Å². The predicted octanol–water partition coefficient (Wildman–Crippen LogP) is 4.99. The number of esters is 2. The van der Waals surface area contributed by atoms with E-state index < -0.39 is 59.8 Å². The van der Waals surface area contributed by atoms with Crippen LogP contribution in [-0.4, -0.2) is 59.8 Å². The molecule has 0 N–H and O–H groups in total. The van der Waals surface area contributed by atoms with Gasteiger partial charge in [0.2, 0.25) is 0 Å².